The smallest absolute Gasteiger partial charge is 0.246 e. The maximum Gasteiger partial charge on any atom is 0.246 e. The van der Waals surface area contributed by atoms with Gasteiger partial charge in [0, 0.05) is 30.6 Å². The second-order valence-electron chi connectivity index (χ2n) is 8.63. The number of amidine groups is 1. The number of unbranched alkanes of at least 4 members (excludes halogenated alkanes) is 2. The van der Waals surface area contributed by atoms with Crippen molar-refractivity contribution in [2.24, 2.45) is 16.7 Å². The summed E-state index contributed by atoms with van der Waals surface area (Å²) in [6, 6.07) is 4.22. The fourth-order valence-electron chi connectivity index (χ4n) is 3.61. The van der Waals surface area contributed by atoms with Gasteiger partial charge in [-0.1, -0.05) is 12.5 Å². The van der Waals surface area contributed by atoms with Crippen molar-refractivity contribution in [1.82, 2.24) is 21.1 Å². The number of thiol groups is 1. The molecule has 0 aromatic heterocycles. The second-order valence-corrected chi connectivity index (χ2v) is 9.25. The predicted molar refractivity (Wildman–Crippen MR) is 141 cm³/mol. The Morgan fingerprint density at radius 1 is 1.19 bits per heavy atom. The second kappa shape index (κ2) is 14.2. The molecule has 0 radical (unpaired) electrons. The summed E-state index contributed by atoms with van der Waals surface area (Å²) in [6.45, 7) is 3.39. The monoisotopic (exact) mass is 534 g/mol. The zero-order valence-electron chi connectivity index (χ0n) is 20.9. The molecule has 2 atom stereocenters. The van der Waals surface area contributed by atoms with Crippen LogP contribution in [-0.4, -0.2) is 64.7 Å². The van der Waals surface area contributed by atoms with E-state index in [-0.39, 0.29) is 42.9 Å². The van der Waals surface area contributed by atoms with E-state index in [0.29, 0.717) is 37.1 Å². The van der Waals surface area contributed by atoms with Gasteiger partial charge in [-0.2, -0.15) is 12.6 Å². The molecule has 1 saturated heterocycles. The number of nitrogens with one attached hydrogen (secondary N) is 4. The molecule has 1 aromatic carbocycles. The number of hydrogen-bond acceptors (Lipinski definition) is 9. The average Bonchev–Trinajstić information content (AvgIpc) is 3.09. The number of nitrogens with zero attached hydrogens (tertiary/aromatic N) is 2. The van der Waals surface area contributed by atoms with Crippen molar-refractivity contribution in [2.75, 3.05) is 18.4 Å². The molecule has 0 spiro atoms. The van der Waals surface area contributed by atoms with Crippen LogP contribution < -0.4 is 33.1 Å². The van der Waals surface area contributed by atoms with Crippen LogP contribution in [0.5, 0.6) is 0 Å². The van der Waals surface area contributed by atoms with Crippen molar-refractivity contribution in [1.29, 1.82) is 0 Å². The Labute approximate surface area is 220 Å². The fourth-order valence-corrected chi connectivity index (χ4v) is 3.91. The first kappa shape index (κ1) is 29.6. The van der Waals surface area contributed by atoms with Gasteiger partial charge >= 0.3 is 0 Å². The summed E-state index contributed by atoms with van der Waals surface area (Å²) in [7, 11) is 0. The van der Waals surface area contributed by atoms with Crippen molar-refractivity contribution in [2.45, 2.75) is 57.2 Å². The van der Waals surface area contributed by atoms with Crippen LogP contribution in [0.2, 0.25) is 0 Å². The summed E-state index contributed by atoms with van der Waals surface area (Å²) in [5, 5.41) is 10.9. The Kier molecular flexibility index (Phi) is 11.3. The minimum absolute atomic E-state index is 0.122. The van der Waals surface area contributed by atoms with Crippen LogP contribution in [0.25, 0.3) is 0 Å². The number of carbonyl (C=O) groups excluding carboxylic acids is 5. The van der Waals surface area contributed by atoms with E-state index in [9.17, 15) is 24.0 Å². The summed E-state index contributed by atoms with van der Waals surface area (Å²) in [5.41, 5.74) is 9.83. The van der Waals surface area contributed by atoms with Gasteiger partial charge in [-0.05, 0) is 44.4 Å². The molecule has 1 heterocycles. The molecule has 8 N–H and O–H groups in total. The van der Waals surface area contributed by atoms with Crippen LogP contribution in [0.4, 0.5) is 5.69 Å². The molecule has 1 aromatic rings. The Morgan fingerprint density at radius 3 is 2.57 bits per heavy atom. The molecule has 0 aliphatic carbocycles. The number of rotatable bonds is 13. The summed E-state index contributed by atoms with van der Waals surface area (Å²) >= 11 is 4.08. The highest BCUT2D eigenvalue weighted by atomic mass is 32.1. The molecule has 1 fully saturated rings. The Balaban J connectivity index is 1.67. The van der Waals surface area contributed by atoms with Gasteiger partial charge in [0.25, 0.3) is 0 Å². The van der Waals surface area contributed by atoms with Gasteiger partial charge in [0.1, 0.15) is 6.04 Å². The molecule has 14 heteroatoms. The van der Waals surface area contributed by atoms with E-state index in [1.54, 1.807) is 18.2 Å². The molecule has 202 valence electrons. The molecule has 37 heavy (non-hydrogen) atoms. The maximum absolute atomic E-state index is 12.5. The number of nitrogens with two attached hydrogens (primary N) is 2. The Hall–Kier alpha value is -3.65. The third kappa shape index (κ3) is 9.06. The molecule has 0 bridgehead atoms. The first-order valence-corrected chi connectivity index (χ1v) is 12.3. The molecule has 13 nitrogen and oxygen atoms in total. The topological polar surface area (TPSA) is 201 Å². The molecule has 2 rings (SSSR count). The zero-order valence-corrected chi connectivity index (χ0v) is 21.8. The SMILES string of the molecule is Cc1ccc(NC(=O)C(C)NC(=O)CNC(=O)CCCCCN2C(=O)CC(S)C2=O)cc1/C(N)=N/NN. The third-order valence-electron chi connectivity index (χ3n) is 5.69. The maximum atomic E-state index is 12.5. The van der Waals surface area contributed by atoms with Gasteiger partial charge < -0.3 is 21.7 Å². The van der Waals surface area contributed by atoms with Gasteiger partial charge in [-0.3, -0.25) is 28.9 Å². The average molecular weight is 535 g/mol. The normalized spacial score (nSPS) is 16.4. The van der Waals surface area contributed by atoms with Gasteiger partial charge in [-0.25, -0.2) is 11.4 Å². The van der Waals surface area contributed by atoms with Gasteiger partial charge in [-0.15, -0.1) is 5.10 Å². The van der Waals surface area contributed by atoms with E-state index in [4.69, 9.17) is 11.6 Å². The van der Waals surface area contributed by atoms with E-state index in [0.717, 1.165) is 5.56 Å². The third-order valence-corrected chi connectivity index (χ3v) is 6.09. The molecular formula is C23H34N8O5S. The number of hydrazine groups is 1. The number of imide groups is 1. The molecule has 1 aliphatic heterocycles. The number of aryl methyl sites for hydroxylation is 1. The van der Waals surface area contributed by atoms with Crippen LogP contribution in [0, 0.1) is 6.92 Å². The van der Waals surface area contributed by atoms with Crippen molar-refractivity contribution >= 4 is 53.7 Å². The van der Waals surface area contributed by atoms with Crippen LogP contribution in [0.1, 0.15) is 50.2 Å². The van der Waals surface area contributed by atoms with Crippen LogP contribution in [0.3, 0.4) is 0 Å². The van der Waals surface area contributed by atoms with Gasteiger partial charge in [0.05, 0.1) is 11.8 Å². The first-order valence-electron chi connectivity index (χ1n) is 11.8. The number of benzene rings is 1. The van der Waals surface area contributed by atoms with Gasteiger partial charge in [0.2, 0.25) is 29.5 Å². The summed E-state index contributed by atoms with van der Waals surface area (Å²) < 4.78 is 0. The molecule has 1 aliphatic rings. The number of hydrazone groups is 1. The highest BCUT2D eigenvalue weighted by Crippen LogP contribution is 2.18. The van der Waals surface area contributed by atoms with E-state index in [2.05, 4.69) is 39.2 Å². The lowest BCUT2D eigenvalue weighted by atomic mass is 10.1. The number of likely N-dealkylation sites (tertiary alicyclic amines) is 1. The lowest BCUT2D eigenvalue weighted by Gasteiger charge is -2.15. The molecule has 5 amide bonds. The predicted octanol–water partition coefficient (Wildman–Crippen LogP) is -0.744. The fraction of sp³-hybridized carbons (Fsp3) is 0.478. The summed E-state index contributed by atoms with van der Waals surface area (Å²) in [6.07, 6.45) is 2.09. The molecular weight excluding hydrogens is 500 g/mol. The number of hydrogen-bond donors (Lipinski definition) is 7. The van der Waals surface area contributed by atoms with E-state index < -0.39 is 23.1 Å². The largest absolute Gasteiger partial charge is 0.382 e. The summed E-state index contributed by atoms with van der Waals surface area (Å²) in [4.78, 5) is 61.4. The van der Waals surface area contributed by atoms with E-state index >= 15 is 0 Å². The van der Waals surface area contributed by atoms with Crippen LogP contribution in [0.15, 0.2) is 23.3 Å². The van der Waals surface area contributed by atoms with Crippen molar-refractivity contribution in [3.63, 3.8) is 0 Å². The Bertz CT molecular complexity index is 1060. The Morgan fingerprint density at radius 2 is 1.92 bits per heavy atom. The lowest BCUT2D eigenvalue weighted by Crippen LogP contribution is -2.45. The first-order chi connectivity index (χ1) is 17.5. The van der Waals surface area contributed by atoms with Crippen LogP contribution >= 0.6 is 12.6 Å². The highest BCUT2D eigenvalue weighted by molar-refractivity contribution is 7.81. The van der Waals surface area contributed by atoms with Crippen molar-refractivity contribution in [3.8, 4) is 0 Å². The number of carbonyl (C=O) groups is 5. The number of amides is 5. The summed E-state index contributed by atoms with van der Waals surface area (Å²) in [5.74, 6) is 3.53. The zero-order chi connectivity index (χ0) is 27.5. The standard InChI is InChI=1S/C23H34N8O5S/c1-13-7-8-15(10-16(13)21(24)29-30-25)28-22(35)14(2)27-19(33)12-26-18(32)6-4-3-5-9-31-20(34)11-17(37)23(31)36/h7-8,10,14,17,30,37H,3-6,9,11-12,25H2,1-2H3,(H2,24,29)(H,26,32)(H,27,33)(H,28,35). The minimum Gasteiger partial charge on any atom is -0.382 e. The number of anilines is 1. The van der Waals surface area contributed by atoms with Crippen molar-refractivity contribution < 1.29 is 24.0 Å². The molecule has 2 unspecified atom stereocenters. The van der Waals surface area contributed by atoms with Crippen molar-refractivity contribution in [3.05, 3.63) is 29.3 Å². The lowest BCUT2D eigenvalue weighted by molar-refractivity contribution is -0.138. The van der Waals surface area contributed by atoms with Gasteiger partial charge in [0.15, 0.2) is 5.84 Å². The molecule has 0 saturated carbocycles. The van der Waals surface area contributed by atoms with E-state index in [1.807, 2.05) is 6.92 Å². The quantitative estimate of drug-likeness (QED) is 0.0326. The highest BCUT2D eigenvalue weighted by Gasteiger charge is 2.35. The van der Waals surface area contributed by atoms with E-state index in [1.165, 1.54) is 11.8 Å². The minimum atomic E-state index is -0.862. The van der Waals surface area contributed by atoms with Crippen LogP contribution in [-0.2, 0) is 24.0 Å².